The average molecular weight is 325 g/mol. The highest BCUT2D eigenvalue weighted by Gasteiger charge is 2.24. The first-order valence-corrected chi connectivity index (χ1v) is 8.90. The number of amides is 1. The van der Waals surface area contributed by atoms with Crippen LogP contribution in [0.3, 0.4) is 0 Å². The zero-order valence-electron chi connectivity index (χ0n) is 14.8. The van der Waals surface area contributed by atoms with Crippen molar-refractivity contribution in [1.29, 1.82) is 0 Å². The first kappa shape index (κ1) is 21.9. The van der Waals surface area contributed by atoms with Gasteiger partial charge in [0.05, 0.1) is 6.10 Å². The van der Waals surface area contributed by atoms with Gasteiger partial charge in [-0.3, -0.25) is 4.79 Å². The van der Waals surface area contributed by atoms with Crippen molar-refractivity contribution in [3.05, 3.63) is 25.3 Å². The SMILES string of the molecule is C=CCC(CCCCCC)CC(N)[C@@H](O)CC(CC=C)C(N)=O. The highest BCUT2D eigenvalue weighted by Crippen LogP contribution is 2.23. The fraction of sp³-hybridized carbons (Fsp3) is 0.737. The van der Waals surface area contributed by atoms with Gasteiger partial charge in [0.25, 0.3) is 0 Å². The van der Waals surface area contributed by atoms with Crippen LogP contribution in [0.25, 0.3) is 0 Å². The quantitative estimate of drug-likeness (QED) is 0.319. The molecular formula is C19H36N2O2. The third-order valence-corrected chi connectivity index (χ3v) is 4.45. The largest absolute Gasteiger partial charge is 0.391 e. The summed E-state index contributed by atoms with van der Waals surface area (Å²) in [5.74, 6) is -0.352. The number of aliphatic hydroxyl groups excluding tert-OH is 1. The lowest BCUT2D eigenvalue weighted by Crippen LogP contribution is -2.39. The zero-order chi connectivity index (χ0) is 17.7. The molecule has 0 heterocycles. The molecule has 0 aliphatic rings. The van der Waals surface area contributed by atoms with Crippen molar-refractivity contribution in [2.45, 2.75) is 76.9 Å². The Bertz CT molecular complexity index is 344. The number of hydrogen-bond donors (Lipinski definition) is 3. The first-order valence-electron chi connectivity index (χ1n) is 8.90. The van der Waals surface area contributed by atoms with E-state index in [4.69, 9.17) is 11.5 Å². The van der Waals surface area contributed by atoms with E-state index in [9.17, 15) is 9.90 Å². The third kappa shape index (κ3) is 10.3. The number of carbonyl (C=O) groups excluding carboxylic acids is 1. The zero-order valence-corrected chi connectivity index (χ0v) is 14.8. The summed E-state index contributed by atoms with van der Waals surface area (Å²) in [6.07, 6.45) is 11.3. The summed E-state index contributed by atoms with van der Waals surface area (Å²) in [6, 6.07) is -0.335. The Balaban J connectivity index is 4.40. The molecule has 0 saturated heterocycles. The van der Waals surface area contributed by atoms with Crippen molar-refractivity contribution in [2.24, 2.45) is 23.3 Å². The number of allylic oxidation sites excluding steroid dienone is 2. The van der Waals surface area contributed by atoms with E-state index >= 15 is 0 Å². The average Bonchev–Trinajstić information content (AvgIpc) is 2.50. The first-order chi connectivity index (χ1) is 11.0. The molecule has 0 aromatic rings. The standard InChI is InChI=1S/C19H36N2O2/c1-4-7-8-9-12-15(10-5-2)13-17(20)18(22)14-16(11-6-3)19(21)23/h5-6,15-18,22H,2-4,7-14,20H2,1H3,(H2,21,23)/t15?,16?,17?,18-/m0/s1. The van der Waals surface area contributed by atoms with Crippen molar-refractivity contribution in [3.8, 4) is 0 Å². The molecule has 4 heteroatoms. The number of nitrogens with two attached hydrogens (primary N) is 2. The molecule has 4 atom stereocenters. The lowest BCUT2D eigenvalue weighted by atomic mass is 9.86. The third-order valence-electron chi connectivity index (χ3n) is 4.45. The molecule has 0 aliphatic heterocycles. The van der Waals surface area contributed by atoms with Crippen molar-refractivity contribution < 1.29 is 9.90 Å². The minimum absolute atomic E-state index is 0.305. The predicted octanol–water partition coefficient (Wildman–Crippen LogP) is 3.30. The number of hydrogen-bond acceptors (Lipinski definition) is 3. The molecule has 0 spiro atoms. The number of carbonyl (C=O) groups is 1. The highest BCUT2D eigenvalue weighted by molar-refractivity contribution is 5.76. The molecule has 1 amide bonds. The molecule has 134 valence electrons. The molecular weight excluding hydrogens is 288 g/mol. The summed E-state index contributed by atoms with van der Waals surface area (Å²) in [5, 5.41) is 10.3. The van der Waals surface area contributed by atoms with E-state index in [2.05, 4.69) is 20.1 Å². The summed E-state index contributed by atoms with van der Waals surface area (Å²) in [5.41, 5.74) is 11.5. The molecule has 0 aromatic carbocycles. The van der Waals surface area contributed by atoms with E-state index in [0.717, 1.165) is 19.3 Å². The second kappa shape index (κ2) is 13.3. The number of primary amides is 1. The Morgan fingerprint density at radius 2 is 1.78 bits per heavy atom. The van der Waals surface area contributed by atoms with Gasteiger partial charge in [-0.25, -0.2) is 0 Å². The summed E-state index contributed by atoms with van der Waals surface area (Å²) >= 11 is 0. The highest BCUT2D eigenvalue weighted by atomic mass is 16.3. The van der Waals surface area contributed by atoms with Gasteiger partial charge >= 0.3 is 0 Å². The van der Waals surface area contributed by atoms with Crippen LogP contribution in [0.1, 0.15) is 64.7 Å². The van der Waals surface area contributed by atoms with Crippen molar-refractivity contribution in [1.82, 2.24) is 0 Å². The van der Waals surface area contributed by atoms with Crippen LogP contribution >= 0.6 is 0 Å². The second-order valence-electron chi connectivity index (χ2n) is 6.57. The topological polar surface area (TPSA) is 89.3 Å². The fourth-order valence-corrected chi connectivity index (χ4v) is 2.97. The van der Waals surface area contributed by atoms with E-state index in [0.29, 0.717) is 18.8 Å². The van der Waals surface area contributed by atoms with Gasteiger partial charge < -0.3 is 16.6 Å². The second-order valence-corrected chi connectivity index (χ2v) is 6.57. The molecule has 23 heavy (non-hydrogen) atoms. The molecule has 0 bridgehead atoms. The number of unbranched alkanes of at least 4 members (excludes halogenated alkanes) is 3. The van der Waals surface area contributed by atoms with Crippen LogP contribution in [0.5, 0.6) is 0 Å². The van der Waals surface area contributed by atoms with E-state index in [1.54, 1.807) is 6.08 Å². The van der Waals surface area contributed by atoms with Crippen molar-refractivity contribution in [3.63, 3.8) is 0 Å². The van der Waals surface area contributed by atoms with Crippen LogP contribution in [0, 0.1) is 11.8 Å². The summed E-state index contributed by atoms with van der Waals surface area (Å²) in [4.78, 5) is 11.4. The molecule has 0 aromatic heterocycles. The lowest BCUT2D eigenvalue weighted by molar-refractivity contribution is -0.122. The number of aliphatic hydroxyl groups is 1. The Hall–Kier alpha value is -1.13. The van der Waals surface area contributed by atoms with E-state index in [1.807, 2.05) is 6.08 Å². The number of rotatable bonds is 15. The lowest BCUT2D eigenvalue weighted by Gasteiger charge is -2.26. The van der Waals surface area contributed by atoms with Gasteiger partial charge in [0.15, 0.2) is 0 Å². The van der Waals surface area contributed by atoms with Gasteiger partial charge in [0.2, 0.25) is 5.91 Å². The maximum Gasteiger partial charge on any atom is 0.220 e. The van der Waals surface area contributed by atoms with Gasteiger partial charge in [-0.2, -0.15) is 0 Å². The van der Waals surface area contributed by atoms with E-state index in [1.165, 1.54) is 25.7 Å². The van der Waals surface area contributed by atoms with Gasteiger partial charge in [-0.15, -0.1) is 13.2 Å². The van der Waals surface area contributed by atoms with Crippen LogP contribution in [0.15, 0.2) is 25.3 Å². The molecule has 0 fully saturated rings. The van der Waals surface area contributed by atoms with Crippen LogP contribution in [0.2, 0.25) is 0 Å². The molecule has 0 aliphatic carbocycles. The molecule has 0 radical (unpaired) electrons. The van der Waals surface area contributed by atoms with Crippen molar-refractivity contribution in [2.75, 3.05) is 0 Å². The fourth-order valence-electron chi connectivity index (χ4n) is 2.97. The summed E-state index contributed by atoms with van der Waals surface area (Å²) in [6.45, 7) is 9.64. The molecule has 0 saturated carbocycles. The summed E-state index contributed by atoms with van der Waals surface area (Å²) < 4.78 is 0. The predicted molar refractivity (Wildman–Crippen MR) is 97.8 cm³/mol. The minimum atomic E-state index is -0.713. The molecule has 4 nitrogen and oxygen atoms in total. The van der Waals surface area contributed by atoms with Crippen molar-refractivity contribution >= 4 is 5.91 Å². The van der Waals surface area contributed by atoms with Crippen LogP contribution < -0.4 is 11.5 Å². The van der Waals surface area contributed by atoms with Gasteiger partial charge in [-0.05, 0) is 31.6 Å². The monoisotopic (exact) mass is 324 g/mol. The Labute approximate surface area is 142 Å². The Morgan fingerprint density at radius 1 is 1.13 bits per heavy atom. The normalized spacial score (nSPS) is 16.3. The Kier molecular flexibility index (Phi) is 12.7. The minimum Gasteiger partial charge on any atom is -0.391 e. The van der Waals surface area contributed by atoms with Crippen LogP contribution in [-0.2, 0) is 4.79 Å². The Morgan fingerprint density at radius 3 is 2.30 bits per heavy atom. The van der Waals surface area contributed by atoms with Gasteiger partial charge in [0.1, 0.15) is 0 Å². The van der Waals surface area contributed by atoms with Gasteiger partial charge in [-0.1, -0.05) is 51.2 Å². The van der Waals surface area contributed by atoms with Gasteiger partial charge in [0, 0.05) is 12.0 Å². The van der Waals surface area contributed by atoms with E-state index < -0.39 is 17.9 Å². The van der Waals surface area contributed by atoms with Crippen LogP contribution in [-0.4, -0.2) is 23.2 Å². The smallest absolute Gasteiger partial charge is 0.220 e. The maximum atomic E-state index is 11.4. The van der Waals surface area contributed by atoms with E-state index in [-0.39, 0.29) is 6.04 Å². The molecule has 0 rings (SSSR count). The maximum absolute atomic E-state index is 11.4. The molecule has 3 unspecified atom stereocenters. The van der Waals surface area contributed by atoms with Crippen LogP contribution in [0.4, 0.5) is 0 Å². The molecule has 5 N–H and O–H groups in total. The summed E-state index contributed by atoms with van der Waals surface area (Å²) in [7, 11) is 0.